The molecule has 0 fully saturated rings. The van der Waals surface area contributed by atoms with Crippen molar-refractivity contribution in [3.63, 3.8) is 0 Å². The highest BCUT2D eigenvalue weighted by Gasteiger charge is 2.50. The first-order chi connectivity index (χ1) is 13.5. The summed E-state index contributed by atoms with van der Waals surface area (Å²) in [4.78, 5) is 6.64. The molecule has 0 radical (unpaired) electrons. The fourth-order valence-electron chi connectivity index (χ4n) is 3.39. The van der Waals surface area contributed by atoms with Crippen LogP contribution in [0.4, 0.5) is 4.39 Å². The number of sulfone groups is 1. The van der Waals surface area contributed by atoms with Crippen molar-refractivity contribution in [1.82, 2.24) is 9.97 Å². The van der Waals surface area contributed by atoms with Crippen LogP contribution in [0.1, 0.15) is 30.2 Å². The van der Waals surface area contributed by atoms with Gasteiger partial charge in [0.15, 0.2) is 0 Å². The van der Waals surface area contributed by atoms with E-state index in [0.717, 1.165) is 6.07 Å². The number of fused-ring (bicyclic) bond motifs is 2. The second kappa shape index (κ2) is 6.42. The summed E-state index contributed by atoms with van der Waals surface area (Å²) in [6, 6.07) is 8.58. The molecule has 0 saturated heterocycles. The summed E-state index contributed by atoms with van der Waals surface area (Å²) in [7, 11) is -4.28. The molecule has 0 unspecified atom stereocenters. The van der Waals surface area contributed by atoms with E-state index in [0.29, 0.717) is 0 Å². The van der Waals surface area contributed by atoms with Gasteiger partial charge in [0, 0.05) is 11.6 Å². The van der Waals surface area contributed by atoms with Crippen LogP contribution in [0.5, 0.6) is 5.75 Å². The maximum absolute atomic E-state index is 13.7. The highest BCUT2D eigenvalue weighted by molar-refractivity contribution is 7.91. The molecule has 2 atom stereocenters. The van der Waals surface area contributed by atoms with Gasteiger partial charge in [-0.2, -0.15) is 5.26 Å². The van der Waals surface area contributed by atoms with Crippen LogP contribution in [0, 0.1) is 17.1 Å². The zero-order valence-electron chi connectivity index (χ0n) is 15.3. The molecule has 29 heavy (non-hydrogen) atoms. The van der Waals surface area contributed by atoms with Gasteiger partial charge >= 0.3 is 0 Å². The summed E-state index contributed by atoms with van der Waals surface area (Å²) in [5, 5.41) is 18.0. The van der Waals surface area contributed by atoms with Crippen LogP contribution in [0.25, 0.3) is 11.0 Å². The standard InChI is InChI=1S/C19H15ClFN3O4S/c1-19(2)17(25)16(10-5-9(8-22)3-4-15(10)28-19)29(26,27)18-23-13-6-11(20)12(21)7-14(13)24-18/h3-7,16-17,25H,1-2H3,(H,23,24)/t16-,17-/m1/s1. The van der Waals surface area contributed by atoms with Crippen molar-refractivity contribution in [2.75, 3.05) is 0 Å². The Morgan fingerprint density at radius 3 is 2.76 bits per heavy atom. The first-order valence-electron chi connectivity index (χ1n) is 8.54. The normalized spacial score (nSPS) is 20.7. The topological polar surface area (TPSA) is 116 Å². The lowest BCUT2D eigenvalue weighted by molar-refractivity contribution is -0.0445. The fourth-order valence-corrected chi connectivity index (χ4v) is 5.45. The van der Waals surface area contributed by atoms with Gasteiger partial charge in [-0.05, 0) is 38.1 Å². The number of nitrogens with zero attached hydrogens (tertiary/aromatic N) is 2. The Morgan fingerprint density at radius 1 is 1.34 bits per heavy atom. The van der Waals surface area contributed by atoms with E-state index in [1.807, 2.05) is 6.07 Å². The third kappa shape index (κ3) is 3.04. The lowest BCUT2D eigenvalue weighted by atomic mass is 9.90. The minimum absolute atomic E-state index is 0.150. The van der Waals surface area contributed by atoms with E-state index in [2.05, 4.69) is 9.97 Å². The Kier molecular flexibility index (Phi) is 4.35. The van der Waals surface area contributed by atoms with Crippen LogP contribution in [-0.4, -0.2) is 35.2 Å². The molecule has 1 aromatic heterocycles. The van der Waals surface area contributed by atoms with E-state index in [1.165, 1.54) is 24.3 Å². The summed E-state index contributed by atoms with van der Waals surface area (Å²) in [6.45, 7) is 3.13. The number of hydrogen-bond acceptors (Lipinski definition) is 6. The molecule has 2 N–H and O–H groups in total. The summed E-state index contributed by atoms with van der Waals surface area (Å²) in [5.41, 5.74) is -0.530. The number of aliphatic hydroxyl groups excluding tert-OH is 1. The fraction of sp³-hybridized carbons (Fsp3) is 0.263. The van der Waals surface area contributed by atoms with Gasteiger partial charge in [-0.1, -0.05) is 11.6 Å². The van der Waals surface area contributed by atoms with Crippen LogP contribution in [-0.2, 0) is 9.84 Å². The Labute approximate surface area is 170 Å². The molecule has 0 spiro atoms. The molecular formula is C19H15ClFN3O4S. The second-order valence-corrected chi connectivity index (χ2v) is 9.70. The number of benzene rings is 2. The van der Waals surface area contributed by atoms with Crippen molar-refractivity contribution >= 4 is 32.5 Å². The van der Waals surface area contributed by atoms with Crippen LogP contribution < -0.4 is 4.74 Å². The number of nitrogens with one attached hydrogen (secondary N) is 1. The molecule has 150 valence electrons. The molecule has 1 aliphatic rings. The largest absolute Gasteiger partial charge is 0.485 e. The van der Waals surface area contributed by atoms with Gasteiger partial charge in [0.1, 0.15) is 28.5 Å². The Morgan fingerprint density at radius 2 is 2.07 bits per heavy atom. The third-order valence-electron chi connectivity index (χ3n) is 4.92. The molecule has 0 saturated carbocycles. The molecule has 2 heterocycles. The molecule has 0 amide bonds. The number of ether oxygens (including phenoxy) is 1. The molecule has 0 bridgehead atoms. The molecule has 4 rings (SSSR count). The molecule has 1 aliphatic heterocycles. The average Bonchev–Trinajstić information content (AvgIpc) is 3.06. The first-order valence-corrected chi connectivity index (χ1v) is 10.5. The van der Waals surface area contributed by atoms with E-state index in [9.17, 15) is 23.2 Å². The number of halogens is 2. The number of hydrogen-bond donors (Lipinski definition) is 2. The lowest BCUT2D eigenvalue weighted by Gasteiger charge is -2.41. The highest BCUT2D eigenvalue weighted by Crippen LogP contribution is 2.46. The molecule has 3 aromatic rings. The predicted molar refractivity (Wildman–Crippen MR) is 103 cm³/mol. The molecular weight excluding hydrogens is 421 g/mol. The van der Waals surface area contributed by atoms with Crippen LogP contribution in [0.15, 0.2) is 35.5 Å². The van der Waals surface area contributed by atoms with Crippen LogP contribution >= 0.6 is 11.6 Å². The van der Waals surface area contributed by atoms with E-state index in [-0.39, 0.29) is 32.9 Å². The van der Waals surface area contributed by atoms with Crippen LogP contribution in [0.2, 0.25) is 5.02 Å². The van der Waals surface area contributed by atoms with Gasteiger partial charge in [0.2, 0.25) is 15.0 Å². The number of H-pyrrole nitrogens is 1. The number of nitriles is 1. The summed E-state index contributed by atoms with van der Waals surface area (Å²) in [5.74, 6) is -0.471. The SMILES string of the molecule is CC1(C)Oc2ccc(C#N)cc2[C@@H](S(=O)(=O)c2nc3cc(Cl)c(F)cc3[nH]2)[C@H]1O. The van der Waals surface area contributed by atoms with Crippen molar-refractivity contribution < 1.29 is 22.7 Å². The van der Waals surface area contributed by atoms with E-state index < -0.39 is 37.8 Å². The summed E-state index contributed by atoms with van der Waals surface area (Å²) in [6.07, 6.45) is -1.46. The van der Waals surface area contributed by atoms with Crippen LogP contribution in [0.3, 0.4) is 0 Å². The average molecular weight is 436 g/mol. The maximum Gasteiger partial charge on any atom is 0.226 e. The van der Waals surface area contributed by atoms with Gasteiger partial charge in [-0.15, -0.1) is 0 Å². The first kappa shape index (κ1) is 19.6. The molecule has 0 aliphatic carbocycles. The Hall–Kier alpha value is -2.67. The number of aliphatic hydroxyl groups is 1. The Bertz CT molecular complexity index is 1260. The van der Waals surface area contributed by atoms with E-state index in [1.54, 1.807) is 13.8 Å². The summed E-state index contributed by atoms with van der Waals surface area (Å²) < 4.78 is 46.4. The smallest absolute Gasteiger partial charge is 0.226 e. The second-order valence-electron chi connectivity index (χ2n) is 7.31. The number of imidazole rings is 1. The minimum atomic E-state index is -4.28. The van der Waals surface area contributed by atoms with Gasteiger partial charge < -0.3 is 14.8 Å². The monoisotopic (exact) mass is 435 g/mol. The van der Waals surface area contributed by atoms with Gasteiger partial charge in [0.05, 0.1) is 27.7 Å². The van der Waals surface area contributed by atoms with Crippen molar-refractivity contribution in [1.29, 1.82) is 5.26 Å². The zero-order valence-corrected chi connectivity index (χ0v) is 16.8. The quantitative estimate of drug-likeness (QED) is 0.638. The minimum Gasteiger partial charge on any atom is -0.485 e. The van der Waals surface area contributed by atoms with Gasteiger partial charge in [0.25, 0.3) is 0 Å². The summed E-state index contributed by atoms with van der Waals surface area (Å²) >= 11 is 5.76. The number of aromatic amines is 1. The number of rotatable bonds is 2. The van der Waals surface area contributed by atoms with E-state index in [4.69, 9.17) is 16.3 Å². The van der Waals surface area contributed by atoms with Crippen molar-refractivity contribution in [3.05, 3.63) is 52.3 Å². The maximum atomic E-state index is 13.7. The third-order valence-corrected chi connectivity index (χ3v) is 7.13. The van der Waals surface area contributed by atoms with Gasteiger partial charge in [-0.25, -0.2) is 17.8 Å². The number of aromatic nitrogens is 2. The molecule has 10 heteroatoms. The van der Waals surface area contributed by atoms with Crippen molar-refractivity contribution in [2.24, 2.45) is 0 Å². The zero-order chi connectivity index (χ0) is 21.1. The Balaban J connectivity index is 1.93. The van der Waals surface area contributed by atoms with Crippen molar-refractivity contribution in [2.45, 2.75) is 36.0 Å². The van der Waals surface area contributed by atoms with Crippen molar-refractivity contribution in [3.8, 4) is 11.8 Å². The predicted octanol–water partition coefficient (Wildman–Crippen LogP) is 3.27. The lowest BCUT2D eigenvalue weighted by Crippen LogP contribution is -2.50. The van der Waals surface area contributed by atoms with E-state index >= 15 is 0 Å². The molecule has 7 nitrogen and oxygen atoms in total. The van der Waals surface area contributed by atoms with Gasteiger partial charge in [-0.3, -0.25) is 0 Å². The highest BCUT2D eigenvalue weighted by atomic mass is 35.5. The molecule has 2 aromatic carbocycles.